The van der Waals surface area contributed by atoms with Crippen LogP contribution in [0.25, 0.3) is 0 Å². The first-order valence-electron chi connectivity index (χ1n) is 6.34. The molecule has 0 fully saturated rings. The highest BCUT2D eigenvalue weighted by atomic mass is 28.3. The highest BCUT2D eigenvalue weighted by Crippen LogP contribution is 2.07. The van der Waals surface area contributed by atoms with E-state index in [9.17, 15) is 0 Å². The summed E-state index contributed by atoms with van der Waals surface area (Å²) in [6.45, 7) is 11.8. The lowest BCUT2D eigenvalue weighted by Crippen LogP contribution is -2.37. The number of benzene rings is 1. The smallest absolute Gasteiger partial charge is 0.147 e. The second-order valence-electron chi connectivity index (χ2n) is 5.81. The molecule has 4 heteroatoms. The molecule has 1 heterocycles. The molecular weight excluding hydrogens is 238 g/mol. The van der Waals surface area contributed by atoms with E-state index in [4.69, 9.17) is 0 Å². The van der Waals surface area contributed by atoms with Gasteiger partial charge in [-0.25, -0.2) is 9.67 Å². The van der Waals surface area contributed by atoms with Gasteiger partial charge in [-0.15, -0.1) is 0 Å². The molecule has 0 saturated carbocycles. The molecule has 2 aromatic rings. The molecule has 0 radical (unpaired) electrons. The molecule has 1 aromatic heterocycles. The molecule has 0 amide bonds. The van der Waals surface area contributed by atoms with Gasteiger partial charge in [-0.1, -0.05) is 49.1 Å². The van der Waals surface area contributed by atoms with E-state index in [0.29, 0.717) is 0 Å². The van der Waals surface area contributed by atoms with Crippen LogP contribution in [-0.4, -0.2) is 22.8 Å². The maximum absolute atomic E-state index is 4.39. The van der Waals surface area contributed by atoms with E-state index in [0.717, 1.165) is 18.2 Å². The summed E-state index contributed by atoms with van der Waals surface area (Å²) >= 11 is 0. The van der Waals surface area contributed by atoms with Crippen LogP contribution in [0.15, 0.2) is 24.3 Å². The molecule has 0 bridgehead atoms. The zero-order valence-corrected chi connectivity index (χ0v) is 12.9. The Morgan fingerprint density at radius 3 is 2.11 bits per heavy atom. The summed E-state index contributed by atoms with van der Waals surface area (Å²) in [7, 11) is -1.19. The predicted molar refractivity (Wildman–Crippen MR) is 78.0 cm³/mol. The van der Waals surface area contributed by atoms with Gasteiger partial charge in [0.1, 0.15) is 11.6 Å². The van der Waals surface area contributed by atoms with Gasteiger partial charge in [0.2, 0.25) is 0 Å². The summed E-state index contributed by atoms with van der Waals surface area (Å²) in [4.78, 5) is 4.32. The summed E-state index contributed by atoms with van der Waals surface area (Å²) in [6, 6.07) is 8.95. The first-order valence-corrected chi connectivity index (χ1v) is 9.84. The Balaban J connectivity index is 2.18. The molecule has 0 unspecified atom stereocenters. The van der Waals surface area contributed by atoms with E-state index < -0.39 is 8.07 Å². The van der Waals surface area contributed by atoms with Crippen LogP contribution in [0.1, 0.15) is 17.2 Å². The predicted octanol–water partition coefficient (Wildman–Crippen LogP) is 2.49. The standard InChI is InChI=1S/C14H21N3Si/c1-11-15-12(2)17(16-11)10-13-6-8-14(9-7-13)18(3,4)5/h6-9H,10H2,1-5H3. The molecule has 1 aromatic carbocycles. The minimum Gasteiger partial charge on any atom is -0.246 e. The van der Waals surface area contributed by atoms with Crippen LogP contribution in [-0.2, 0) is 6.54 Å². The lowest BCUT2D eigenvalue weighted by molar-refractivity contribution is 0.656. The van der Waals surface area contributed by atoms with Gasteiger partial charge in [-0.2, -0.15) is 5.10 Å². The normalized spacial score (nSPS) is 11.8. The second-order valence-corrected chi connectivity index (χ2v) is 10.9. The van der Waals surface area contributed by atoms with E-state index in [-0.39, 0.29) is 0 Å². The molecule has 96 valence electrons. The summed E-state index contributed by atoms with van der Waals surface area (Å²) in [5.41, 5.74) is 1.28. The van der Waals surface area contributed by atoms with E-state index >= 15 is 0 Å². The topological polar surface area (TPSA) is 30.7 Å². The minimum absolute atomic E-state index is 0.804. The van der Waals surface area contributed by atoms with Gasteiger partial charge in [-0.05, 0) is 19.4 Å². The number of rotatable bonds is 3. The van der Waals surface area contributed by atoms with Crippen molar-refractivity contribution in [2.45, 2.75) is 40.0 Å². The SMILES string of the molecule is Cc1nc(C)n(Cc2ccc([Si](C)(C)C)cc2)n1. The maximum atomic E-state index is 4.39. The molecule has 0 aliphatic rings. The zero-order valence-electron chi connectivity index (χ0n) is 11.9. The highest BCUT2D eigenvalue weighted by Gasteiger charge is 2.15. The van der Waals surface area contributed by atoms with Crippen LogP contribution >= 0.6 is 0 Å². The Labute approximate surface area is 110 Å². The maximum Gasteiger partial charge on any atom is 0.147 e. The van der Waals surface area contributed by atoms with Crippen molar-refractivity contribution in [3.8, 4) is 0 Å². The van der Waals surface area contributed by atoms with Crippen LogP contribution in [0.5, 0.6) is 0 Å². The van der Waals surface area contributed by atoms with Crippen LogP contribution in [0.4, 0.5) is 0 Å². The number of hydrogen-bond acceptors (Lipinski definition) is 2. The Kier molecular flexibility index (Phi) is 3.39. The molecular formula is C14H21N3Si. The summed E-state index contributed by atoms with van der Waals surface area (Å²) in [5.74, 6) is 1.81. The second kappa shape index (κ2) is 4.69. The van der Waals surface area contributed by atoms with Crippen molar-refractivity contribution in [2.75, 3.05) is 0 Å². The minimum atomic E-state index is -1.19. The van der Waals surface area contributed by atoms with Gasteiger partial charge in [0.25, 0.3) is 0 Å². The monoisotopic (exact) mass is 259 g/mol. The van der Waals surface area contributed by atoms with Crippen LogP contribution in [0, 0.1) is 13.8 Å². The number of hydrogen-bond donors (Lipinski definition) is 0. The number of nitrogens with zero attached hydrogens (tertiary/aromatic N) is 3. The Morgan fingerprint density at radius 2 is 1.67 bits per heavy atom. The molecule has 0 aliphatic carbocycles. The van der Waals surface area contributed by atoms with Crippen molar-refractivity contribution >= 4 is 13.3 Å². The van der Waals surface area contributed by atoms with E-state index in [1.807, 2.05) is 18.5 Å². The van der Waals surface area contributed by atoms with Gasteiger partial charge >= 0.3 is 0 Å². The molecule has 3 nitrogen and oxygen atoms in total. The summed E-state index contributed by atoms with van der Waals surface area (Å²) in [5, 5.41) is 5.89. The molecule has 0 saturated heterocycles. The van der Waals surface area contributed by atoms with Crippen molar-refractivity contribution < 1.29 is 0 Å². The Hall–Kier alpha value is -1.42. The van der Waals surface area contributed by atoms with Crippen molar-refractivity contribution in [1.82, 2.24) is 14.8 Å². The average Bonchev–Trinajstić information content (AvgIpc) is 2.57. The molecule has 0 N–H and O–H groups in total. The van der Waals surface area contributed by atoms with Crippen molar-refractivity contribution in [3.63, 3.8) is 0 Å². The van der Waals surface area contributed by atoms with Crippen LogP contribution in [0.2, 0.25) is 19.6 Å². The van der Waals surface area contributed by atoms with Crippen LogP contribution < -0.4 is 5.19 Å². The fraction of sp³-hybridized carbons (Fsp3) is 0.429. The van der Waals surface area contributed by atoms with Gasteiger partial charge in [0, 0.05) is 0 Å². The lowest BCUT2D eigenvalue weighted by atomic mass is 10.2. The van der Waals surface area contributed by atoms with Crippen molar-refractivity contribution in [2.24, 2.45) is 0 Å². The number of aromatic nitrogens is 3. The van der Waals surface area contributed by atoms with E-state index in [1.54, 1.807) is 0 Å². The first kappa shape index (κ1) is 13.0. The Bertz CT molecular complexity index is 535. The number of aryl methyl sites for hydroxylation is 2. The molecule has 2 rings (SSSR count). The lowest BCUT2D eigenvalue weighted by Gasteiger charge is -2.16. The quantitative estimate of drug-likeness (QED) is 0.793. The van der Waals surface area contributed by atoms with Crippen molar-refractivity contribution in [1.29, 1.82) is 0 Å². The fourth-order valence-corrected chi connectivity index (χ4v) is 3.16. The van der Waals surface area contributed by atoms with Crippen molar-refractivity contribution in [3.05, 3.63) is 41.5 Å². The molecule has 18 heavy (non-hydrogen) atoms. The van der Waals surface area contributed by atoms with Crippen LogP contribution in [0.3, 0.4) is 0 Å². The van der Waals surface area contributed by atoms with Gasteiger partial charge in [0.05, 0.1) is 14.6 Å². The largest absolute Gasteiger partial charge is 0.246 e. The van der Waals surface area contributed by atoms with E-state index in [1.165, 1.54) is 10.8 Å². The third-order valence-electron chi connectivity index (χ3n) is 3.11. The fourth-order valence-electron chi connectivity index (χ4n) is 1.99. The van der Waals surface area contributed by atoms with Gasteiger partial charge < -0.3 is 0 Å². The summed E-state index contributed by atoms with van der Waals surface area (Å²) in [6.07, 6.45) is 0. The molecule has 0 spiro atoms. The third kappa shape index (κ3) is 2.87. The Morgan fingerprint density at radius 1 is 1.06 bits per heavy atom. The summed E-state index contributed by atoms with van der Waals surface area (Å²) < 4.78 is 1.96. The zero-order chi connectivity index (χ0) is 13.3. The van der Waals surface area contributed by atoms with E-state index in [2.05, 4.69) is 54.0 Å². The van der Waals surface area contributed by atoms with Gasteiger partial charge in [0.15, 0.2) is 0 Å². The highest BCUT2D eigenvalue weighted by molar-refractivity contribution is 6.88. The molecule has 0 atom stereocenters. The van der Waals surface area contributed by atoms with Gasteiger partial charge in [-0.3, -0.25) is 0 Å². The third-order valence-corrected chi connectivity index (χ3v) is 5.18. The first-order chi connectivity index (χ1) is 8.36. The molecule has 0 aliphatic heterocycles. The average molecular weight is 259 g/mol.